The molecule has 0 aliphatic carbocycles. The van der Waals surface area contributed by atoms with E-state index < -0.39 is 10.0 Å². The summed E-state index contributed by atoms with van der Waals surface area (Å²) < 4.78 is 23.7. The normalized spacial score (nSPS) is 13.5. The van der Waals surface area contributed by atoms with Crippen LogP contribution in [0.2, 0.25) is 0 Å². The molecule has 2 aromatic heterocycles. The van der Waals surface area contributed by atoms with Crippen molar-refractivity contribution in [3.63, 3.8) is 0 Å². The zero-order chi connectivity index (χ0) is 12.1. The lowest BCUT2D eigenvalue weighted by Gasteiger charge is -2.15. The second-order valence-corrected chi connectivity index (χ2v) is 7.19. The van der Waals surface area contributed by atoms with Crippen LogP contribution in [0.25, 0.3) is 4.96 Å². The lowest BCUT2D eigenvalue weighted by molar-refractivity contribution is 0.547. The Kier molecular flexibility index (Phi) is 2.34. The van der Waals surface area contributed by atoms with E-state index >= 15 is 0 Å². The van der Waals surface area contributed by atoms with Crippen molar-refractivity contribution in [3.05, 3.63) is 11.9 Å². The first kappa shape index (κ1) is 11.5. The summed E-state index contributed by atoms with van der Waals surface area (Å²) in [6.07, 6.45) is 1.70. The van der Waals surface area contributed by atoms with E-state index in [9.17, 15) is 8.42 Å². The lowest BCUT2D eigenvalue weighted by Crippen LogP contribution is -2.16. The highest BCUT2D eigenvalue weighted by molar-refractivity contribution is 7.91. The minimum atomic E-state index is -3.75. The summed E-state index contributed by atoms with van der Waals surface area (Å²) in [5, 5.41) is 8.99. The molecule has 2 N–H and O–H groups in total. The SMILES string of the molecule is CC(C)(C)c1cnc2sc(S(N)(=O)=O)nn12. The molecule has 0 bridgehead atoms. The number of nitrogens with zero attached hydrogens (tertiary/aromatic N) is 3. The molecule has 0 saturated carbocycles. The Hall–Kier alpha value is -0.990. The maximum absolute atomic E-state index is 11.1. The summed E-state index contributed by atoms with van der Waals surface area (Å²) >= 11 is 0.969. The van der Waals surface area contributed by atoms with Gasteiger partial charge in [-0.2, -0.15) is 0 Å². The third-order valence-electron chi connectivity index (χ3n) is 2.08. The van der Waals surface area contributed by atoms with Gasteiger partial charge in [0.15, 0.2) is 0 Å². The summed E-state index contributed by atoms with van der Waals surface area (Å²) in [7, 11) is -3.75. The highest BCUT2D eigenvalue weighted by atomic mass is 32.2. The van der Waals surface area contributed by atoms with E-state index in [2.05, 4.69) is 10.1 Å². The smallest absolute Gasteiger partial charge is 0.226 e. The fourth-order valence-electron chi connectivity index (χ4n) is 1.30. The van der Waals surface area contributed by atoms with Crippen LogP contribution in [-0.2, 0) is 15.4 Å². The van der Waals surface area contributed by atoms with Gasteiger partial charge in [0.05, 0.1) is 11.9 Å². The standard InChI is InChI=1S/C8H12N4O2S2/c1-8(2,3)5-4-10-6-12(5)11-7(15-6)16(9,13)14/h4H,1-3H3,(H2,9,13,14). The minimum Gasteiger partial charge on any atom is -0.226 e. The number of sulfonamides is 1. The van der Waals surface area contributed by atoms with Crippen molar-refractivity contribution in [1.82, 2.24) is 14.6 Å². The predicted octanol–water partition coefficient (Wildman–Crippen LogP) is 0.736. The molecular formula is C8H12N4O2S2. The van der Waals surface area contributed by atoms with Crippen LogP contribution < -0.4 is 5.14 Å². The summed E-state index contributed by atoms with van der Waals surface area (Å²) in [4.78, 5) is 4.65. The van der Waals surface area contributed by atoms with Gasteiger partial charge in [-0.15, -0.1) is 5.10 Å². The molecule has 2 heterocycles. The van der Waals surface area contributed by atoms with Gasteiger partial charge >= 0.3 is 0 Å². The fourth-order valence-corrected chi connectivity index (χ4v) is 2.79. The van der Waals surface area contributed by atoms with E-state index in [0.717, 1.165) is 17.0 Å². The van der Waals surface area contributed by atoms with Gasteiger partial charge in [0.25, 0.3) is 10.0 Å². The molecule has 0 aliphatic heterocycles. The summed E-state index contributed by atoms with van der Waals surface area (Å²) in [6, 6.07) is 0. The summed E-state index contributed by atoms with van der Waals surface area (Å²) in [5.41, 5.74) is 0.706. The first-order valence-corrected chi connectivity index (χ1v) is 6.94. The Morgan fingerprint density at radius 3 is 2.56 bits per heavy atom. The van der Waals surface area contributed by atoms with Crippen LogP contribution >= 0.6 is 11.3 Å². The Labute approximate surface area is 97.2 Å². The maximum Gasteiger partial charge on any atom is 0.267 e. The van der Waals surface area contributed by atoms with Gasteiger partial charge in [0.2, 0.25) is 9.30 Å². The number of imidazole rings is 1. The van der Waals surface area contributed by atoms with E-state index in [0.29, 0.717) is 4.96 Å². The van der Waals surface area contributed by atoms with Crippen molar-refractivity contribution in [2.75, 3.05) is 0 Å². The van der Waals surface area contributed by atoms with Crippen molar-refractivity contribution in [1.29, 1.82) is 0 Å². The van der Waals surface area contributed by atoms with Crippen LogP contribution in [0.4, 0.5) is 0 Å². The molecule has 0 spiro atoms. The Balaban J connectivity index is 2.70. The average molecular weight is 260 g/mol. The highest BCUT2D eigenvalue weighted by Gasteiger charge is 2.23. The van der Waals surface area contributed by atoms with Crippen molar-refractivity contribution >= 4 is 26.3 Å². The van der Waals surface area contributed by atoms with Crippen LogP contribution in [0.3, 0.4) is 0 Å². The van der Waals surface area contributed by atoms with Gasteiger partial charge in [-0.3, -0.25) is 0 Å². The van der Waals surface area contributed by atoms with Crippen molar-refractivity contribution in [2.24, 2.45) is 5.14 Å². The van der Waals surface area contributed by atoms with Crippen molar-refractivity contribution < 1.29 is 8.42 Å². The van der Waals surface area contributed by atoms with Gasteiger partial charge in [0.1, 0.15) is 0 Å². The van der Waals surface area contributed by atoms with Crippen LogP contribution in [0.15, 0.2) is 10.5 Å². The molecule has 0 atom stereocenters. The number of hydrogen-bond donors (Lipinski definition) is 1. The first-order valence-electron chi connectivity index (χ1n) is 4.57. The van der Waals surface area contributed by atoms with E-state index in [1.54, 1.807) is 6.20 Å². The van der Waals surface area contributed by atoms with E-state index in [-0.39, 0.29) is 9.75 Å². The molecule has 2 aromatic rings. The third kappa shape index (κ3) is 1.83. The first-order chi connectivity index (χ1) is 7.19. The molecule has 0 fully saturated rings. The van der Waals surface area contributed by atoms with E-state index in [4.69, 9.17) is 5.14 Å². The van der Waals surface area contributed by atoms with Gasteiger partial charge in [-0.05, 0) is 0 Å². The zero-order valence-corrected chi connectivity index (χ0v) is 10.8. The van der Waals surface area contributed by atoms with Gasteiger partial charge in [-0.1, -0.05) is 32.1 Å². The van der Waals surface area contributed by atoms with Gasteiger partial charge in [0, 0.05) is 5.41 Å². The number of rotatable bonds is 1. The molecule has 6 nitrogen and oxygen atoms in total. The number of nitrogens with two attached hydrogens (primary N) is 1. The van der Waals surface area contributed by atoms with Crippen LogP contribution in [0.1, 0.15) is 26.5 Å². The molecule has 16 heavy (non-hydrogen) atoms. The number of aromatic nitrogens is 3. The summed E-state index contributed by atoms with van der Waals surface area (Å²) in [5.74, 6) is 0. The molecule has 0 radical (unpaired) electrons. The number of fused-ring (bicyclic) bond motifs is 1. The quantitative estimate of drug-likeness (QED) is 0.818. The molecule has 0 aliphatic rings. The number of hydrogen-bond acceptors (Lipinski definition) is 5. The third-order valence-corrected chi connectivity index (χ3v) is 4.31. The van der Waals surface area contributed by atoms with Gasteiger partial charge < -0.3 is 0 Å². The molecule has 8 heteroatoms. The Morgan fingerprint density at radius 1 is 1.44 bits per heavy atom. The highest BCUT2D eigenvalue weighted by Crippen LogP contribution is 2.26. The van der Waals surface area contributed by atoms with Crippen LogP contribution in [-0.4, -0.2) is 23.0 Å². The maximum atomic E-state index is 11.1. The fraction of sp³-hybridized carbons (Fsp3) is 0.500. The predicted molar refractivity (Wildman–Crippen MR) is 60.9 cm³/mol. The molecule has 0 aromatic carbocycles. The number of primary sulfonamides is 1. The lowest BCUT2D eigenvalue weighted by atomic mass is 9.93. The Bertz CT molecular complexity index is 633. The minimum absolute atomic E-state index is 0.110. The molecule has 2 rings (SSSR count). The van der Waals surface area contributed by atoms with Crippen molar-refractivity contribution in [2.45, 2.75) is 30.5 Å². The van der Waals surface area contributed by atoms with Gasteiger partial charge in [-0.25, -0.2) is 23.1 Å². The van der Waals surface area contributed by atoms with Crippen LogP contribution in [0, 0.1) is 0 Å². The largest absolute Gasteiger partial charge is 0.267 e. The molecule has 0 amide bonds. The molecule has 0 saturated heterocycles. The second-order valence-electron chi connectivity index (χ2n) is 4.50. The molecule has 0 unspecified atom stereocenters. The average Bonchev–Trinajstić information content (AvgIpc) is 2.53. The summed E-state index contributed by atoms with van der Waals surface area (Å²) in [6.45, 7) is 6.02. The zero-order valence-electron chi connectivity index (χ0n) is 9.13. The van der Waals surface area contributed by atoms with E-state index in [1.807, 2.05) is 20.8 Å². The molecule has 88 valence electrons. The van der Waals surface area contributed by atoms with E-state index in [1.165, 1.54) is 4.52 Å². The second kappa shape index (κ2) is 3.25. The molecular weight excluding hydrogens is 248 g/mol. The van der Waals surface area contributed by atoms with Crippen molar-refractivity contribution in [3.8, 4) is 0 Å². The Morgan fingerprint density at radius 2 is 2.06 bits per heavy atom. The van der Waals surface area contributed by atoms with Crippen LogP contribution in [0.5, 0.6) is 0 Å². The topological polar surface area (TPSA) is 90.3 Å². The monoisotopic (exact) mass is 260 g/mol.